The molecule has 1 fully saturated rings. The highest BCUT2D eigenvalue weighted by atomic mass is 127. The van der Waals surface area contributed by atoms with Crippen LogP contribution in [0.25, 0.3) is 0 Å². The Balaban J connectivity index is 1.68. The summed E-state index contributed by atoms with van der Waals surface area (Å²) in [7, 11) is 0. The van der Waals surface area contributed by atoms with Crippen molar-refractivity contribution in [1.82, 2.24) is 0 Å². The van der Waals surface area contributed by atoms with E-state index in [0.29, 0.717) is 12.5 Å². The third-order valence-corrected chi connectivity index (χ3v) is 5.05. The molecule has 3 atom stereocenters. The van der Waals surface area contributed by atoms with Crippen molar-refractivity contribution in [2.24, 2.45) is 5.92 Å². The lowest BCUT2D eigenvalue weighted by Gasteiger charge is -2.22. The number of hydrogen-bond donors (Lipinski definition) is 0. The quantitative estimate of drug-likeness (QED) is 0.200. The average Bonchev–Trinajstić information content (AvgIpc) is 2.90. The maximum atomic E-state index is 6.14. The summed E-state index contributed by atoms with van der Waals surface area (Å²) in [6.45, 7) is 7.71. The number of rotatable bonds is 10. The van der Waals surface area contributed by atoms with Gasteiger partial charge in [-0.25, -0.2) is 0 Å². The predicted molar refractivity (Wildman–Crippen MR) is 111 cm³/mol. The largest absolute Gasteiger partial charge is 0.376 e. The summed E-state index contributed by atoms with van der Waals surface area (Å²) >= 11 is 2.43. The fourth-order valence-corrected chi connectivity index (χ4v) is 4.11. The summed E-state index contributed by atoms with van der Waals surface area (Å²) in [5, 5.41) is 0. The van der Waals surface area contributed by atoms with Gasteiger partial charge in [0.15, 0.2) is 5.79 Å². The first kappa shape index (κ1) is 20.9. The number of ether oxygens (including phenoxy) is 3. The van der Waals surface area contributed by atoms with Gasteiger partial charge in [-0.1, -0.05) is 72.0 Å². The van der Waals surface area contributed by atoms with Crippen LogP contribution in [0.4, 0.5) is 0 Å². The third-order valence-electron chi connectivity index (χ3n) is 4.42. The van der Waals surface area contributed by atoms with Crippen LogP contribution in [0.2, 0.25) is 0 Å². The van der Waals surface area contributed by atoms with Gasteiger partial charge < -0.3 is 14.2 Å². The summed E-state index contributed by atoms with van der Waals surface area (Å²) < 4.78 is 19.1. The van der Waals surface area contributed by atoms with E-state index in [2.05, 4.69) is 53.8 Å². The summed E-state index contributed by atoms with van der Waals surface area (Å²) in [6.07, 6.45) is 7.73. The normalized spacial score (nSPS) is 24.0. The van der Waals surface area contributed by atoms with Crippen molar-refractivity contribution in [3.63, 3.8) is 0 Å². The van der Waals surface area contributed by atoms with Gasteiger partial charge in [0.05, 0.1) is 25.4 Å². The summed E-state index contributed by atoms with van der Waals surface area (Å²) in [5.41, 5.74) is 1.22. The second-order valence-electron chi connectivity index (χ2n) is 7.13. The first-order valence-corrected chi connectivity index (χ1v) is 10.7. The minimum atomic E-state index is -0.471. The summed E-state index contributed by atoms with van der Waals surface area (Å²) in [5.74, 6) is 0.0490. The zero-order chi connectivity index (χ0) is 18.1. The minimum Gasteiger partial charge on any atom is -0.376 e. The van der Waals surface area contributed by atoms with E-state index < -0.39 is 5.79 Å². The highest BCUT2D eigenvalue weighted by Crippen LogP contribution is 2.35. The van der Waals surface area contributed by atoms with Crippen LogP contribution in [-0.2, 0) is 20.8 Å². The van der Waals surface area contributed by atoms with Crippen LogP contribution in [-0.4, -0.2) is 29.0 Å². The fourth-order valence-electron chi connectivity index (χ4n) is 3.13. The molecule has 0 N–H and O–H groups in total. The number of halogens is 1. The highest BCUT2D eigenvalue weighted by molar-refractivity contribution is 14.1. The molecule has 0 radical (unpaired) electrons. The first-order chi connectivity index (χ1) is 12.0. The van der Waals surface area contributed by atoms with Crippen molar-refractivity contribution in [2.45, 2.75) is 64.6 Å². The van der Waals surface area contributed by atoms with E-state index >= 15 is 0 Å². The van der Waals surface area contributed by atoms with Crippen LogP contribution in [0.1, 0.15) is 45.6 Å². The molecule has 0 aliphatic carbocycles. The first-order valence-electron chi connectivity index (χ1n) is 9.20. The van der Waals surface area contributed by atoms with Crippen LogP contribution < -0.4 is 0 Å². The Morgan fingerprint density at radius 3 is 2.68 bits per heavy atom. The lowest BCUT2D eigenvalue weighted by molar-refractivity contribution is -0.149. The Hall–Kier alpha value is -0.430. The Bertz CT molecular complexity index is 515. The lowest BCUT2D eigenvalue weighted by Crippen LogP contribution is -2.29. The number of alkyl halides is 1. The van der Waals surface area contributed by atoms with Gasteiger partial charge in [0, 0.05) is 0 Å². The van der Waals surface area contributed by atoms with Gasteiger partial charge in [0.1, 0.15) is 0 Å². The maximum Gasteiger partial charge on any atom is 0.163 e. The number of benzene rings is 1. The molecule has 4 heteroatoms. The van der Waals surface area contributed by atoms with Crippen LogP contribution in [0, 0.1) is 5.92 Å². The molecule has 1 aliphatic rings. The SMILES string of the molecule is C[C@H](CCI)[C@H]1OC(C)(C)O[C@@H]1C/C=C\CCOCc1ccccc1. The number of hydrogen-bond acceptors (Lipinski definition) is 3. The zero-order valence-electron chi connectivity index (χ0n) is 15.6. The van der Waals surface area contributed by atoms with E-state index in [0.717, 1.165) is 30.3 Å². The van der Waals surface area contributed by atoms with Crippen molar-refractivity contribution < 1.29 is 14.2 Å². The monoisotopic (exact) mass is 458 g/mol. The molecular formula is C21H31IO3. The molecule has 2 rings (SSSR count). The molecule has 25 heavy (non-hydrogen) atoms. The molecule has 1 heterocycles. The average molecular weight is 458 g/mol. The van der Waals surface area contributed by atoms with Gasteiger partial charge in [-0.3, -0.25) is 0 Å². The van der Waals surface area contributed by atoms with Crippen LogP contribution in [0.15, 0.2) is 42.5 Å². The van der Waals surface area contributed by atoms with Gasteiger partial charge in [-0.2, -0.15) is 0 Å². The van der Waals surface area contributed by atoms with Gasteiger partial charge >= 0.3 is 0 Å². The molecule has 0 saturated carbocycles. The van der Waals surface area contributed by atoms with E-state index in [9.17, 15) is 0 Å². The van der Waals surface area contributed by atoms with Crippen molar-refractivity contribution in [3.8, 4) is 0 Å². The molecule has 3 nitrogen and oxygen atoms in total. The second kappa shape index (κ2) is 10.7. The van der Waals surface area contributed by atoms with Gasteiger partial charge in [0.25, 0.3) is 0 Å². The smallest absolute Gasteiger partial charge is 0.163 e. The molecule has 0 unspecified atom stereocenters. The van der Waals surface area contributed by atoms with Gasteiger partial charge in [0.2, 0.25) is 0 Å². The maximum absolute atomic E-state index is 6.14. The molecular weight excluding hydrogens is 427 g/mol. The summed E-state index contributed by atoms with van der Waals surface area (Å²) in [6, 6.07) is 10.3. The van der Waals surface area contributed by atoms with Crippen molar-refractivity contribution >= 4 is 22.6 Å². The molecule has 140 valence electrons. The Labute approximate surface area is 166 Å². The van der Waals surface area contributed by atoms with Crippen LogP contribution in [0.3, 0.4) is 0 Å². The molecule has 0 aromatic heterocycles. The Morgan fingerprint density at radius 2 is 1.96 bits per heavy atom. The van der Waals surface area contributed by atoms with Crippen molar-refractivity contribution in [3.05, 3.63) is 48.0 Å². The fraction of sp³-hybridized carbons (Fsp3) is 0.619. The van der Waals surface area contributed by atoms with Crippen LogP contribution in [0.5, 0.6) is 0 Å². The molecule has 0 bridgehead atoms. The lowest BCUT2D eigenvalue weighted by atomic mass is 9.95. The van der Waals surface area contributed by atoms with Crippen molar-refractivity contribution in [1.29, 1.82) is 0 Å². The van der Waals surface area contributed by atoms with Gasteiger partial charge in [-0.05, 0) is 49.0 Å². The topological polar surface area (TPSA) is 27.7 Å². The molecule has 0 amide bonds. The van der Waals surface area contributed by atoms with E-state index in [4.69, 9.17) is 14.2 Å². The Kier molecular flexibility index (Phi) is 8.90. The van der Waals surface area contributed by atoms with Crippen LogP contribution >= 0.6 is 22.6 Å². The molecule has 1 saturated heterocycles. The van der Waals surface area contributed by atoms with Gasteiger partial charge in [-0.15, -0.1) is 0 Å². The van der Waals surface area contributed by atoms with E-state index in [1.54, 1.807) is 0 Å². The second-order valence-corrected chi connectivity index (χ2v) is 8.21. The molecule has 1 aromatic rings. The van der Waals surface area contributed by atoms with Crippen molar-refractivity contribution in [2.75, 3.05) is 11.0 Å². The molecule has 0 spiro atoms. The summed E-state index contributed by atoms with van der Waals surface area (Å²) in [4.78, 5) is 0. The highest BCUT2D eigenvalue weighted by Gasteiger charge is 2.42. The standard InChI is InChI=1S/C21H31IO3/c1-17(13-14-22)20-19(24-21(2,3)25-20)12-8-5-9-15-23-16-18-10-6-4-7-11-18/h4-8,10-11,17,19-20H,9,12-16H2,1-3H3/b8-5-/t17-,19-,20-/m1/s1. The van der Waals surface area contributed by atoms with E-state index in [1.807, 2.05) is 32.0 Å². The Morgan fingerprint density at radius 1 is 1.20 bits per heavy atom. The van der Waals surface area contributed by atoms with E-state index in [-0.39, 0.29) is 12.2 Å². The predicted octanol–water partition coefficient (Wildman–Crippen LogP) is 5.52. The minimum absolute atomic E-state index is 0.148. The molecule has 1 aliphatic heterocycles. The zero-order valence-corrected chi connectivity index (χ0v) is 17.8. The third kappa shape index (κ3) is 7.37. The molecule has 1 aromatic carbocycles. The van der Waals surface area contributed by atoms with E-state index in [1.165, 1.54) is 5.56 Å².